The Morgan fingerprint density at radius 1 is 1.16 bits per heavy atom. The lowest BCUT2D eigenvalue weighted by Crippen LogP contribution is -2.06. The van der Waals surface area contributed by atoms with Gasteiger partial charge in [0.1, 0.15) is 12.1 Å². The first-order valence-corrected chi connectivity index (χ1v) is 4.74. The van der Waals surface area contributed by atoms with Gasteiger partial charge in [0.15, 0.2) is 0 Å². The maximum atomic E-state index is 10.9. The fourth-order valence-electron chi connectivity index (χ4n) is 1.15. The zero-order valence-electron chi connectivity index (χ0n) is 9.28. The van der Waals surface area contributed by atoms with E-state index in [1.54, 1.807) is 0 Å². The first kappa shape index (κ1) is 13.7. The van der Waals surface area contributed by atoms with E-state index < -0.39 is 17.7 Å². The first-order chi connectivity index (χ1) is 8.99. The molecule has 8 nitrogen and oxygen atoms in total. The van der Waals surface area contributed by atoms with Crippen LogP contribution >= 0.6 is 0 Å². The number of rotatable bonds is 4. The quantitative estimate of drug-likeness (QED) is 0.536. The normalized spacial score (nSPS) is 8.74. The highest BCUT2D eigenvalue weighted by atomic mass is 16.4. The molecule has 3 N–H and O–H groups in total. The van der Waals surface area contributed by atoms with Gasteiger partial charge in [-0.25, -0.2) is 9.59 Å². The van der Waals surface area contributed by atoms with E-state index in [0.29, 0.717) is 0 Å². The third-order valence-electron chi connectivity index (χ3n) is 2.00. The summed E-state index contributed by atoms with van der Waals surface area (Å²) in [5.74, 6) is -2.55. The van der Waals surface area contributed by atoms with Gasteiger partial charge in [0, 0.05) is 0 Å². The zero-order chi connectivity index (χ0) is 14.4. The smallest absolute Gasteiger partial charge is 0.337 e. The van der Waals surface area contributed by atoms with Crippen LogP contribution in [0.15, 0.2) is 23.3 Å². The molecule has 0 aliphatic heterocycles. The van der Waals surface area contributed by atoms with Crippen LogP contribution in [0.3, 0.4) is 0 Å². The van der Waals surface area contributed by atoms with Crippen molar-refractivity contribution in [1.82, 2.24) is 0 Å². The molecule has 0 spiro atoms. The fourth-order valence-corrected chi connectivity index (χ4v) is 1.15. The molecule has 0 aliphatic rings. The van der Waals surface area contributed by atoms with Crippen LogP contribution in [0, 0.1) is 22.7 Å². The van der Waals surface area contributed by atoms with Crippen molar-refractivity contribution in [3.8, 4) is 12.1 Å². The van der Waals surface area contributed by atoms with Crippen LogP contribution in [0.25, 0.3) is 0 Å². The second-order valence-corrected chi connectivity index (χ2v) is 3.17. The van der Waals surface area contributed by atoms with Crippen LogP contribution in [0.4, 0.5) is 5.69 Å². The molecular weight excluding hydrogens is 252 g/mol. The highest BCUT2D eigenvalue weighted by Gasteiger charge is 2.13. The summed E-state index contributed by atoms with van der Waals surface area (Å²) in [7, 11) is 0. The van der Waals surface area contributed by atoms with E-state index in [-0.39, 0.29) is 16.8 Å². The van der Waals surface area contributed by atoms with Crippen molar-refractivity contribution < 1.29 is 19.8 Å². The lowest BCUT2D eigenvalue weighted by Gasteiger charge is -2.06. The molecule has 1 aromatic carbocycles. The molecule has 0 amide bonds. The van der Waals surface area contributed by atoms with Crippen molar-refractivity contribution in [2.24, 2.45) is 5.10 Å². The van der Waals surface area contributed by atoms with E-state index >= 15 is 0 Å². The third-order valence-corrected chi connectivity index (χ3v) is 2.00. The number of benzene rings is 1. The second kappa shape index (κ2) is 5.80. The molecule has 0 radical (unpaired) electrons. The molecule has 1 rings (SSSR count). The average molecular weight is 258 g/mol. The molecule has 0 heterocycles. The Morgan fingerprint density at radius 2 is 1.79 bits per heavy atom. The molecule has 0 bridgehead atoms. The van der Waals surface area contributed by atoms with Crippen molar-refractivity contribution in [2.45, 2.75) is 0 Å². The average Bonchev–Trinajstić information content (AvgIpc) is 2.39. The Morgan fingerprint density at radius 3 is 2.26 bits per heavy atom. The number of hydrogen-bond donors (Lipinski definition) is 3. The van der Waals surface area contributed by atoms with Crippen LogP contribution in [0.5, 0.6) is 0 Å². The summed E-state index contributed by atoms with van der Waals surface area (Å²) in [5.41, 5.74) is 1.16. The Labute approximate surface area is 106 Å². The summed E-state index contributed by atoms with van der Waals surface area (Å²) in [6.45, 7) is 0. The van der Waals surface area contributed by atoms with Gasteiger partial charge in [0.05, 0.1) is 16.8 Å². The van der Waals surface area contributed by atoms with E-state index in [0.717, 1.165) is 18.2 Å². The number of hydrogen-bond acceptors (Lipinski definition) is 6. The van der Waals surface area contributed by atoms with Crippen molar-refractivity contribution in [3.05, 3.63) is 29.3 Å². The number of anilines is 1. The summed E-state index contributed by atoms with van der Waals surface area (Å²) in [5, 5.41) is 38.0. The lowest BCUT2D eigenvalue weighted by atomic mass is 10.1. The van der Waals surface area contributed by atoms with Gasteiger partial charge in [-0.05, 0) is 18.2 Å². The molecular formula is C11H6N4O4. The highest BCUT2D eigenvalue weighted by molar-refractivity contribution is 6.10. The van der Waals surface area contributed by atoms with Crippen LogP contribution in [0.2, 0.25) is 0 Å². The van der Waals surface area contributed by atoms with Crippen LogP contribution in [-0.4, -0.2) is 27.9 Å². The Balaban J connectivity index is 3.24. The number of nitriles is 2. The van der Waals surface area contributed by atoms with Gasteiger partial charge in [0.2, 0.25) is 5.71 Å². The predicted octanol–water partition coefficient (Wildman–Crippen LogP) is 0.898. The van der Waals surface area contributed by atoms with Gasteiger partial charge in [-0.1, -0.05) is 0 Å². The van der Waals surface area contributed by atoms with E-state index in [1.807, 2.05) is 0 Å². The molecule has 8 heteroatoms. The topological polar surface area (TPSA) is 147 Å². The zero-order valence-corrected chi connectivity index (χ0v) is 9.28. The minimum atomic E-state index is -1.30. The van der Waals surface area contributed by atoms with E-state index in [1.165, 1.54) is 12.1 Å². The summed E-state index contributed by atoms with van der Waals surface area (Å²) in [6, 6.07) is 6.19. The fraction of sp³-hybridized carbons (Fsp3) is 0. The first-order valence-electron chi connectivity index (χ1n) is 4.74. The molecule has 0 unspecified atom stereocenters. The number of hydrazone groups is 1. The molecule has 0 atom stereocenters. The summed E-state index contributed by atoms with van der Waals surface area (Å²) in [4.78, 5) is 21.7. The second-order valence-electron chi connectivity index (χ2n) is 3.17. The number of carbonyl (C=O) groups is 2. The third kappa shape index (κ3) is 3.28. The van der Waals surface area contributed by atoms with Gasteiger partial charge in [-0.2, -0.15) is 15.6 Å². The molecule has 19 heavy (non-hydrogen) atoms. The van der Waals surface area contributed by atoms with Gasteiger partial charge in [-0.15, -0.1) is 0 Å². The number of aromatic carboxylic acids is 2. The summed E-state index contributed by atoms with van der Waals surface area (Å²) in [6.07, 6.45) is 0. The van der Waals surface area contributed by atoms with Crippen LogP contribution in [-0.2, 0) is 0 Å². The number of nitrogens with zero attached hydrogens (tertiary/aromatic N) is 3. The van der Waals surface area contributed by atoms with Crippen LogP contribution in [0.1, 0.15) is 20.7 Å². The maximum absolute atomic E-state index is 10.9. The predicted molar refractivity (Wildman–Crippen MR) is 62.6 cm³/mol. The highest BCUT2D eigenvalue weighted by Crippen LogP contribution is 2.18. The number of nitrogens with one attached hydrogen (secondary N) is 1. The van der Waals surface area contributed by atoms with Gasteiger partial charge >= 0.3 is 11.9 Å². The van der Waals surface area contributed by atoms with Gasteiger partial charge in [0.25, 0.3) is 0 Å². The Bertz CT molecular complexity index is 636. The van der Waals surface area contributed by atoms with Crippen LogP contribution < -0.4 is 5.43 Å². The van der Waals surface area contributed by atoms with Crippen molar-refractivity contribution in [2.75, 3.05) is 5.43 Å². The Hall–Kier alpha value is -3.39. The maximum Gasteiger partial charge on any atom is 0.337 e. The molecule has 0 aliphatic carbocycles. The van der Waals surface area contributed by atoms with Crippen molar-refractivity contribution in [3.63, 3.8) is 0 Å². The van der Waals surface area contributed by atoms with Gasteiger partial charge < -0.3 is 10.2 Å². The van der Waals surface area contributed by atoms with Crippen molar-refractivity contribution in [1.29, 1.82) is 10.5 Å². The van der Waals surface area contributed by atoms with E-state index in [2.05, 4.69) is 10.5 Å². The molecule has 0 aromatic heterocycles. The standard InChI is InChI=1S/C11H6N4O4/c12-4-7(5-13)14-15-9-3-6(10(16)17)1-2-8(9)11(18)19/h1-3,15H,(H,16,17)(H,18,19). The number of carboxylic acids is 2. The Kier molecular flexibility index (Phi) is 4.17. The largest absolute Gasteiger partial charge is 0.478 e. The monoisotopic (exact) mass is 258 g/mol. The van der Waals surface area contributed by atoms with E-state index in [4.69, 9.17) is 20.7 Å². The molecule has 94 valence electrons. The van der Waals surface area contributed by atoms with E-state index in [9.17, 15) is 9.59 Å². The minimum absolute atomic E-state index is 0.129. The molecule has 1 aromatic rings. The SMILES string of the molecule is N#CC(C#N)=NNc1cc(C(=O)O)ccc1C(=O)O. The lowest BCUT2D eigenvalue weighted by molar-refractivity contribution is 0.0682. The van der Waals surface area contributed by atoms with Gasteiger partial charge in [-0.3, -0.25) is 5.43 Å². The van der Waals surface area contributed by atoms with Crippen molar-refractivity contribution >= 4 is 23.3 Å². The summed E-state index contributed by atoms with van der Waals surface area (Å²) < 4.78 is 0. The summed E-state index contributed by atoms with van der Waals surface area (Å²) >= 11 is 0. The molecule has 0 saturated carbocycles. The minimum Gasteiger partial charge on any atom is -0.478 e. The molecule has 0 fully saturated rings. The number of carboxylic acid groups (broad SMARTS) is 2. The molecule has 0 saturated heterocycles.